The average Bonchev–Trinajstić information content (AvgIpc) is 2.89. The first kappa shape index (κ1) is 15.0. The van der Waals surface area contributed by atoms with E-state index in [1.54, 1.807) is 0 Å². The number of alkyl halides is 3. The summed E-state index contributed by atoms with van der Waals surface area (Å²) in [6.07, 6.45) is -1.09. The van der Waals surface area contributed by atoms with Crippen LogP contribution in [0.4, 0.5) is 19.0 Å². The van der Waals surface area contributed by atoms with E-state index in [9.17, 15) is 13.2 Å². The number of aromatic nitrogens is 4. The molecule has 0 spiro atoms. The number of anilines is 1. The second kappa shape index (κ2) is 5.95. The summed E-state index contributed by atoms with van der Waals surface area (Å²) in [5.74, 6) is 0.0875. The second-order valence-electron chi connectivity index (χ2n) is 3.86. The maximum Gasteiger partial charge on any atom is 0.417 e. The van der Waals surface area contributed by atoms with Crippen LogP contribution < -0.4 is 11.2 Å². The number of nitrogens with two attached hydrogens (primary N) is 1. The minimum atomic E-state index is -4.51. The van der Waals surface area contributed by atoms with E-state index in [4.69, 9.17) is 17.3 Å². The number of hydrogen-bond donors (Lipinski definition) is 2. The third-order valence-corrected chi connectivity index (χ3v) is 2.55. The largest absolute Gasteiger partial charge is 0.417 e. The summed E-state index contributed by atoms with van der Waals surface area (Å²) >= 11 is 5.70. The summed E-state index contributed by atoms with van der Waals surface area (Å²) < 4.78 is 38.7. The van der Waals surface area contributed by atoms with Crippen LogP contribution in [-0.4, -0.2) is 25.6 Å². The highest BCUT2D eigenvalue weighted by molar-refractivity contribution is 6.32. The van der Waals surface area contributed by atoms with Crippen LogP contribution in [0.1, 0.15) is 5.56 Å². The van der Waals surface area contributed by atoms with Crippen molar-refractivity contribution >= 4 is 23.3 Å². The zero-order chi connectivity index (χ0) is 15.5. The van der Waals surface area contributed by atoms with Crippen LogP contribution in [-0.2, 0) is 12.7 Å². The fourth-order valence-electron chi connectivity index (χ4n) is 1.32. The molecule has 2 aromatic heterocycles. The first-order valence-corrected chi connectivity index (χ1v) is 5.87. The van der Waals surface area contributed by atoms with Gasteiger partial charge in [0.15, 0.2) is 5.82 Å². The van der Waals surface area contributed by atoms with Crippen molar-refractivity contribution in [2.24, 2.45) is 10.8 Å². The third-order valence-electron chi connectivity index (χ3n) is 2.26. The number of halogens is 4. The molecular formula is C10H9ClF3N7. The standard InChI is InChI=1S/C10H9ClF3N7/c11-7-1-6(10(12,13)14)2-17-9(7)20-19-8(15)3-21-5-16-4-18-21/h1-2,4-5H,3H2,(H2,15,19)(H,17,20). The maximum atomic E-state index is 12.4. The molecule has 3 N–H and O–H groups in total. The van der Waals surface area contributed by atoms with Crippen LogP contribution in [0.25, 0.3) is 0 Å². The lowest BCUT2D eigenvalue weighted by atomic mass is 10.3. The van der Waals surface area contributed by atoms with Gasteiger partial charge in [-0.2, -0.15) is 23.4 Å². The Kier molecular flexibility index (Phi) is 4.26. The molecule has 0 aliphatic heterocycles. The third kappa shape index (κ3) is 4.05. The molecule has 2 rings (SSSR count). The highest BCUT2D eigenvalue weighted by Gasteiger charge is 2.31. The summed E-state index contributed by atoms with van der Waals surface area (Å²) in [7, 11) is 0. The van der Waals surface area contributed by atoms with Crippen LogP contribution in [0.5, 0.6) is 0 Å². The molecule has 21 heavy (non-hydrogen) atoms. The summed E-state index contributed by atoms with van der Waals surface area (Å²) in [5, 5.41) is 7.35. The lowest BCUT2D eigenvalue weighted by molar-refractivity contribution is -0.137. The van der Waals surface area contributed by atoms with E-state index in [1.807, 2.05) is 0 Å². The minimum absolute atomic E-state index is 0.0359. The molecule has 0 radical (unpaired) electrons. The second-order valence-corrected chi connectivity index (χ2v) is 4.27. The van der Waals surface area contributed by atoms with E-state index >= 15 is 0 Å². The minimum Gasteiger partial charge on any atom is -0.384 e. The van der Waals surface area contributed by atoms with Crippen molar-refractivity contribution in [1.82, 2.24) is 19.7 Å². The van der Waals surface area contributed by atoms with E-state index in [1.165, 1.54) is 17.3 Å². The fourth-order valence-corrected chi connectivity index (χ4v) is 1.52. The smallest absolute Gasteiger partial charge is 0.384 e. The number of nitrogens with one attached hydrogen (secondary N) is 1. The normalized spacial score (nSPS) is 12.5. The number of rotatable bonds is 4. The van der Waals surface area contributed by atoms with Crippen LogP contribution >= 0.6 is 11.6 Å². The van der Waals surface area contributed by atoms with Gasteiger partial charge in [-0.1, -0.05) is 11.6 Å². The molecule has 2 aromatic rings. The summed E-state index contributed by atoms with van der Waals surface area (Å²) in [6, 6.07) is 0.750. The van der Waals surface area contributed by atoms with Gasteiger partial charge in [0.2, 0.25) is 0 Å². The molecule has 0 saturated carbocycles. The number of hydrogen-bond acceptors (Lipinski definition) is 5. The Bertz CT molecular complexity index is 639. The topological polar surface area (TPSA) is 94.0 Å². The van der Waals surface area contributed by atoms with Crippen molar-refractivity contribution < 1.29 is 13.2 Å². The zero-order valence-electron chi connectivity index (χ0n) is 10.3. The van der Waals surface area contributed by atoms with Gasteiger partial charge >= 0.3 is 6.18 Å². The Hall–Kier alpha value is -2.36. The van der Waals surface area contributed by atoms with Gasteiger partial charge in [-0.05, 0) is 6.07 Å². The lowest BCUT2D eigenvalue weighted by Crippen LogP contribution is -2.21. The monoisotopic (exact) mass is 319 g/mol. The molecule has 0 aliphatic rings. The van der Waals surface area contributed by atoms with Gasteiger partial charge in [-0.3, -0.25) is 5.43 Å². The first-order valence-electron chi connectivity index (χ1n) is 5.49. The van der Waals surface area contributed by atoms with Gasteiger partial charge in [0.25, 0.3) is 0 Å². The maximum absolute atomic E-state index is 12.4. The molecule has 0 aromatic carbocycles. The highest BCUT2D eigenvalue weighted by Crippen LogP contribution is 2.32. The van der Waals surface area contributed by atoms with Gasteiger partial charge < -0.3 is 5.73 Å². The average molecular weight is 320 g/mol. The van der Waals surface area contributed by atoms with E-state index in [2.05, 4.69) is 25.6 Å². The van der Waals surface area contributed by atoms with Crippen LogP contribution in [0.3, 0.4) is 0 Å². The van der Waals surface area contributed by atoms with Gasteiger partial charge in [-0.15, -0.1) is 0 Å². The first-order chi connectivity index (χ1) is 9.86. The van der Waals surface area contributed by atoms with Crippen molar-refractivity contribution in [3.05, 3.63) is 35.5 Å². The summed E-state index contributed by atoms with van der Waals surface area (Å²) in [4.78, 5) is 7.27. The van der Waals surface area contributed by atoms with Gasteiger partial charge in [0, 0.05) is 6.20 Å². The molecule has 0 saturated heterocycles. The fraction of sp³-hybridized carbons (Fsp3) is 0.200. The Labute approximate surface area is 121 Å². The zero-order valence-corrected chi connectivity index (χ0v) is 11.1. The number of amidine groups is 1. The predicted molar refractivity (Wildman–Crippen MR) is 69.5 cm³/mol. The molecule has 0 unspecified atom stereocenters. The quantitative estimate of drug-likeness (QED) is 0.508. The summed E-state index contributed by atoms with van der Waals surface area (Å²) in [5.41, 5.74) is 7.06. The molecule has 112 valence electrons. The Morgan fingerprint density at radius 3 is 2.81 bits per heavy atom. The molecule has 2 heterocycles. The van der Waals surface area contributed by atoms with E-state index in [0.29, 0.717) is 6.20 Å². The molecule has 0 atom stereocenters. The van der Waals surface area contributed by atoms with Crippen molar-refractivity contribution in [2.75, 3.05) is 5.43 Å². The van der Waals surface area contributed by atoms with Crippen molar-refractivity contribution in [3.63, 3.8) is 0 Å². The van der Waals surface area contributed by atoms with Crippen molar-refractivity contribution in [1.29, 1.82) is 0 Å². The molecule has 7 nitrogen and oxygen atoms in total. The SMILES string of the molecule is NC(Cn1cncn1)=NNc1ncc(C(F)(F)F)cc1Cl. The molecule has 0 amide bonds. The molecule has 11 heteroatoms. The van der Waals surface area contributed by atoms with Gasteiger partial charge in [-0.25, -0.2) is 14.6 Å². The molecule has 0 aliphatic carbocycles. The molecular weight excluding hydrogens is 311 g/mol. The van der Waals surface area contributed by atoms with Crippen LogP contribution in [0.15, 0.2) is 30.0 Å². The number of nitrogens with zero attached hydrogens (tertiary/aromatic N) is 5. The summed E-state index contributed by atoms with van der Waals surface area (Å²) in [6.45, 7) is 0.158. The van der Waals surface area contributed by atoms with Gasteiger partial charge in [0.1, 0.15) is 25.0 Å². The van der Waals surface area contributed by atoms with Crippen molar-refractivity contribution in [2.45, 2.75) is 12.7 Å². The van der Waals surface area contributed by atoms with Crippen LogP contribution in [0, 0.1) is 0 Å². The number of hydrazone groups is 1. The Balaban J connectivity index is 2.06. The van der Waals surface area contributed by atoms with E-state index in [0.717, 1.165) is 6.07 Å². The Morgan fingerprint density at radius 2 is 2.24 bits per heavy atom. The molecule has 0 bridgehead atoms. The van der Waals surface area contributed by atoms with Gasteiger partial charge in [0.05, 0.1) is 10.6 Å². The highest BCUT2D eigenvalue weighted by atomic mass is 35.5. The van der Waals surface area contributed by atoms with Crippen molar-refractivity contribution in [3.8, 4) is 0 Å². The number of pyridine rings is 1. The van der Waals surface area contributed by atoms with Crippen LogP contribution in [0.2, 0.25) is 5.02 Å². The van der Waals surface area contributed by atoms with E-state index < -0.39 is 11.7 Å². The predicted octanol–water partition coefficient (Wildman–Crippen LogP) is 1.73. The van der Waals surface area contributed by atoms with E-state index in [-0.39, 0.29) is 23.2 Å². The molecule has 0 fully saturated rings. The Morgan fingerprint density at radius 1 is 1.48 bits per heavy atom. The lowest BCUT2D eigenvalue weighted by Gasteiger charge is -2.09.